The minimum Gasteiger partial charge on any atom is -0.392 e. The molecule has 0 atom stereocenters. The highest BCUT2D eigenvalue weighted by atomic mass is 79.9. The van der Waals surface area contributed by atoms with Crippen molar-refractivity contribution in [1.29, 1.82) is 0 Å². The second kappa shape index (κ2) is 7.14. The van der Waals surface area contributed by atoms with Crippen LogP contribution in [0.3, 0.4) is 0 Å². The molecule has 3 rings (SSSR count). The molecule has 25 heavy (non-hydrogen) atoms. The number of halogens is 1. The van der Waals surface area contributed by atoms with Crippen molar-refractivity contribution in [1.82, 2.24) is 14.9 Å². The van der Waals surface area contributed by atoms with Gasteiger partial charge in [0, 0.05) is 29.3 Å². The predicted molar refractivity (Wildman–Crippen MR) is 98.8 cm³/mol. The van der Waals surface area contributed by atoms with Crippen LogP contribution < -0.4 is 22.3 Å². The van der Waals surface area contributed by atoms with Gasteiger partial charge in [-0.05, 0) is 31.0 Å². The van der Waals surface area contributed by atoms with Gasteiger partial charge in [0.1, 0.15) is 11.4 Å². The Kier molecular flexibility index (Phi) is 4.93. The number of nitrogen functional groups attached to an aromatic ring is 1. The summed E-state index contributed by atoms with van der Waals surface area (Å²) in [5.41, 5.74) is 4.74. The average molecular weight is 408 g/mol. The summed E-state index contributed by atoms with van der Waals surface area (Å²) in [4.78, 5) is 41.4. The van der Waals surface area contributed by atoms with Gasteiger partial charge < -0.3 is 20.9 Å². The predicted octanol–water partition coefficient (Wildman–Crippen LogP) is 1.12. The molecule has 8 nitrogen and oxygen atoms in total. The maximum atomic E-state index is 12.5. The lowest BCUT2D eigenvalue weighted by Crippen LogP contribution is -2.44. The van der Waals surface area contributed by atoms with E-state index in [2.05, 4.69) is 26.2 Å². The number of likely N-dealkylation sites (tertiary alicyclic amines) is 1. The van der Waals surface area contributed by atoms with Crippen LogP contribution in [0.15, 0.2) is 38.3 Å². The van der Waals surface area contributed by atoms with E-state index in [-0.39, 0.29) is 17.4 Å². The summed E-state index contributed by atoms with van der Waals surface area (Å²) in [7, 11) is 0. The van der Waals surface area contributed by atoms with Crippen molar-refractivity contribution in [2.75, 3.05) is 24.1 Å². The quantitative estimate of drug-likeness (QED) is 0.606. The first-order chi connectivity index (χ1) is 11.9. The Morgan fingerprint density at radius 2 is 1.96 bits per heavy atom. The second-order valence-electron chi connectivity index (χ2n) is 5.92. The molecule has 1 aliphatic heterocycles. The van der Waals surface area contributed by atoms with Crippen LogP contribution in [-0.4, -0.2) is 39.9 Å². The third-order valence-electron chi connectivity index (χ3n) is 4.17. The standard InChI is InChI=1S/C16H18BrN5O3/c17-9-2-1-3-11(8-9)19-10-4-6-22(7-5-10)15(24)13-12(18)14(23)21-16(25)20-13/h1-3,8,10,19H,4-7,18H2,(H2,20,21,23,25). The number of anilines is 2. The molecule has 9 heteroatoms. The number of amides is 1. The molecule has 1 saturated heterocycles. The highest BCUT2D eigenvalue weighted by molar-refractivity contribution is 9.10. The molecule has 1 aliphatic rings. The van der Waals surface area contributed by atoms with Gasteiger partial charge in [0.05, 0.1) is 0 Å². The minimum absolute atomic E-state index is 0.146. The van der Waals surface area contributed by atoms with Crippen LogP contribution in [0.5, 0.6) is 0 Å². The maximum absolute atomic E-state index is 12.5. The van der Waals surface area contributed by atoms with E-state index in [1.165, 1.54) is 0 Å². The number of carbonyl (C=O) groups is 1. The zero-order valence-electron chi connectivity index (χ0n) is 13.3. The van der Waals surface area contributed by atoms with Gasteiger partial charge in [-0.25, -0.2) is 4.79 Å². The summed E-state index contributed by atoms with van der Waals surface area (Å²) < 4.78 is 0.999. The number of aromatic nitrogens is 2. The van der Waals surface area contributed by atoms with E-state index >= 15 is 0 Å². The molecule has 1 aromatic carbocycles. The maximum Gasteiger partial charge on any atom is 0.326 e. The SMILES string of the molecule is Nc1c(C(=O)N2CCC(Nc3cccc(Br)c3)CC2)[nH]c(=O)[nH]c1=O. The normalized spacial score (nSPS) is 15.2. The van der Waals surface area contributed by atoms with Gasteiger partial charge in [-0.2, -0.15) is 0 Å². The third kappa shape index (κ3) is 3.93. The largest absolute Gasteiger partial charge is 0.392 e. The van der Waals surface area contributed by atoms with E-state index in [9.17, 15) is 14.4 Å². The number of piperidine rings is 1. The molecule has 2 aromatic rings. The zero-order valence-corrected chi connectivity index (χ0v) is 14.9. The van der Waals surface area contributed by atoms with Gasteiger partial charge in [0.25, 0.3) is 11.5 Å². The topological polar surface area (TPSA) is 124 Å². The summed E-state index contributed by atoms with van der Waals surface area (Å²) in [6, 6.07) is 8.15. The van der Waals surface area contributed by atoms with Crippen molar-refractivity contribution >= 4 is 33.2 Å². The van der Waals surface area contributed by atoms with Crippen molar-refractivity contribution in [2.45, 2.75) is 18.9 Å². The van der Waals surface area contributed by atoms with Crippen LogP contribution in [0.1, 0.15) is 23.3 Å². The molecule has 0 saturated carbocycles. The number of carbonyl (C=O) groups excluding carboxylic acids is 1. The first kappa shape index (κ1) is 17.3. The number of aromatic amines is 2. The monoisotopic (exact) mass is 407 g/mol. The molecule has 0 bridgehead atoms. The number of benzene rings is 1. The van der Waals surface area contributed by atoms with E-state index in [1.807, 2.05) is 29.2 Å². The van der Waals surface area contributed by atoms with Crippen molar-refractivity contribution in [3.05, 3.63) is 55.3 Å². The molecule has 1 amide bonds. The summed E-state index contributed by atoms with van der Waals surface area (Å²) in [6.45, 7) is 1.03. The van der Waals surface area contributed by atoms with Crippen LogP contribution in [0.25, 0.3) is 0 Å². The number of hydrogen-bond acceptors (Lipinski definition) is 5. The summed E-state index contributed by atoms with van der Waals surface area (Å²) in [6.07, 6.45) is 1.51. The molecule has 2 heterocycles. The Balaban J connectivity index is 1.65. The Morgan fingerprint density at radius 1 is 1.24 bits per heavy atom. The van der Waals surface area contributed by atoms with Gasteiger partial charge in [-0.3, -0.25) is 14.6 Å². The number of nitrogens with two attached hydrogens (primary N) is 1. The lowest BCUT2D eigenvalue weighted by molar-refractivity contribution is 0.0713. The molecular formula is C16H18BrN5O3. The fourth-order valence-corrected chi connectivity index (χ4v) is 3.26. The number of hydrogen-bond donors (Lipinski definition) is 4. The first-order valence-electron chi connectivity index (χ1n) is 7.87. The molecule has 0 spiro atoms. The Labute approximate surface area is 151 Å². The highest BCUT2D eigenvalue weighted by Gasteiger charge is 2.26. The van der Waals surface area contributed by atoms with Crippen molar-refractivity contribution in [2.24, 2.45) is 0 Å². The molecular weight excluding hydrogens is 390 g/mol. The second-order valence-corrected chi connectivity index (χ2v) is 6.83. The lowest BCUT2D eigenvalue weighted by Gasteiger charge is -2.33. The summed E-state index contributed by atoms with van der Waals surface area (Å²) in [5.74, 6) is -0.429. The van der Waals surface area contributed by atoms with E-state index in [1.54, 1.807) is 4.90 Å². The lowest BCUT2D eigenvalue weighted by atomic mass is 10.0. The summed E-state index contributed by atoms with van der Waals surface area (Å²) in [5, 5.41) is 3.45. The fraction of sp³-hybridized carbons (Fsp3) is 0.312. The molecule has 0 radical (unpaired) electrons. The first-order valence-corrected chi connectivity index (χ1v) is 8.67. The van der Waals surface area contributed by atoms with Crippen LogP contribution >= 0.6 is 15.9 Å². The van der Waals surface area contributed by atoms with Crippen LogP contribution in [0, 0.1) is 0 Å². The number of nitrogens with zero attached hydrogens (tertiary/aromatic N) is 1. The van der Waals surface area contributed by atoms with E-state index in [4.69, 9.17) is 5.73 Å². The number of H-pyrrole nitrogens is 2. The average Bonchev–Trinajstić information content (AvgIpc) is 2.58. The van der Waals surface area contributed by atoms with E-state index in [0.29, 0.717) is 13.1 Å². The van der Waals surface area contributed by atoms with Crippen LogP contribution in [-0.2, 0) is 0 Å². The summed E-state index contributed by atoms with van der Waals surface area (Å²) >= 11 is 3.44. The fourth-order valence-electron chi connectivity index (χ4n) is 2.86. The van der Waals surface area contributed by atoms with Crippen LogP contribution in [0.4, 0.5) is 11.4 Å². The molecule has 1 aromatic heterocycles. The highest BCUT2D eigenvalue weighted by Crippen LogP contribution is 2.21. The molecule has 5 N–H and O–H groups in total. The molecule has 0 unspecified atom stereocenters. The van der Waals surface area contributed by atoms with E-state index in [0.717, 1.165) is 23.0 Å². The smallest absolute Gasteiger partial charge is 0.326 e. The van der Waals surface area contributed by atoms with Gasteiger partial charge in [0.15, 0.2) is 0 Å². The van der Waals surface area contributed by atoms with Crippen molar-refractivity contribution in [3.8, 4) is 0 Å². The van der Waals surface area contributed by atoms with Crippen molar-refractivity contribution < 1.29 is 4.79 Å². The number of nitrogens with one attached hydrogen (secondary N) is 3. The van der Waals surface area contributed by atoms with E-state index < -0.39 is 17.2 Å². The Morgan fingerprint density at radius 3 is 2.64 bits per heavy atom. The number of rotatable bonds is 3. The van der Waals surface area contributed by atoms with Gasteiger partial charge >= 0.3 is 5.69 Å². The molecule has 132 valence electrons. The van der Waals surface area contributed by atoms with Gasteiger partial charge in [-0.1, -0.05) is 22.0 Å². The van der Waals surface area contributed by atoms with Crippen LogP contribution in [0.2, 0.25) is 0 Å². The van der Waals surface area contributed by atoms with Gasteiger partial charge in [0.2, 0.25) is 0 Å². The Bertz CT molecular complexity index is 899. The third-order valence-corrected chi connectivity index (χ3v) is 4.66. The Hall–Kier alpha value is -2.55. The van der Waals surface area contributed by atoms with Crippen molar-refractivity contribution in [3.63, 3.8) is 0 Å². The minimum atomic E-state index is -0.752. The molecule has 0 aliphatic carbocycles. The van der Waals surface area contributed by atoms with Gasteiger partial charge in [-0.15, -0.1) is 0 Å². The zero-order chi connectivity index (χ0) is 18.0. The molecule has 1 fully saturated rings.